The molecule has 3 heteroatoms. The maximum absolute atomic E-state index is 4.29. The molecule has 0 atom stereocenters. The number of nitrogens with zero attached hydrogens (tertiary/aromatic N) is 2. The number of nitrogens with one attached hydrogen (secondary N) is 1. The van der Waals surface area contributed by atoms with Crippen molar-refractivity contribution in [1.82, 2.24) is 14.7 Å². The van der Waals surface area contributed by atoms with Crippen molar-refractivity contribution in [2.24, 2.45) is 5.92 Å². The predicted octanol–water partition coefficient (Wildman–Crippen LogP) is 2.22. The van der Waals surface area contributed by atoms with Gasteiger partial charge in [-0.25, -0.2) is 4.98 Å². The zero-order chi connectivity index (χ0) is 11.0. The molecule has 0 radical (unpaired) electrons. The Balaban J connectivity index is 1.71. The zero-order valence-corrected chi connectivity index (χ0v) is 9.56. The standard InChI is InChI=1S/C13H17N3/c1-10-7-11(8-10)15-9-12-3-2-4-13-14-5-6-16(12)13/h2-6,10-11,15H,7-9H2,1H3. The maximum Gasteiger partial charge on any atom is 0.136 e. The van der Waals surface area contributed by atoms with Gasteiger partial charge < -0.3 is 9.72 Å². The van der Waals surface area contributed by atoms with E-state index in [4.69, 9.17) is 0 Å². The third-order valence-electron chi connectivity index (χ3n) is 3.46. The van der Waals surface area contributed by atoms with Crippen molar-refractivity contribution in [3.8, 4) is 0 Å². The van der Waals surface area contributed by atoms with Crippen LogP contribution in [0, 0.1) is 5.92 Å². The van der Waals surface area contributed by atoms with Crippen LogP contribution in [0.15, 0.2) is 30.6 Å². The average Bonchev–Trinajstić information content (AvgIpc) is 2.71. The Morgan fingerprint density at radius 3 is 3.12 bits per heavy atom. The van der Waals surface area contributed by atoms with Crippen LogP contribution in [0.2, 0.25) is 0 Å². The summed E-state index contributed by atoms with van der Waals surface area (Å²) in [5, 5.41) is 3.60. The van der Waals surface area contributed by atoms with Crippen LogP contribution in [0.25, 0.3) is 5.65 Å². The first kappa shape index (κ1) is 9.85. The van der Waals surface area contributed by atoms with Gasteiger partial charge in [0.05, 0.1) is 0 Å². The van der Waals surface area contributed by atoms with E-state index in [0.717, 1.165) is 18.1 Å². The van der Waals surface area contributed by atoms with Gasteiger partial charge in [-0.05, 0) is 30.9 Å². The highest BCUT2D eigenvalue weighted by molar-refractivity contribution is 5.39. The molecular formula is C13H17N3. The zero-order valence-electron chi connectivity index (χ0n) is 9.56. The van der Waals surface area contributed by atoms with Crippen molar-refractivity contribution in [2.75, 3.05) is 0 Å². The molecule has 0 spiro atoms. The molecule has 0 unspecified atom stereocenters. The van der Waals surface area contributed by atoms with Crippen molar-refractivity contribution < 1.29 is 0 Å². The number of fused-ring (bicyclic) bond motifs is 1. The fourth-order valence-electron chi connectivity index (χ4n) is 2.47. The molecule has 16 heavy (non-hydrogen) atoms. The Hall–Kier alpha value is -1.35. The second-order valence-corrected chi connectivity index (χ2v) is 4.83. The van der Waals surface area contributed by atoms with Crippen LogP contribution in [0.1, 0.15) is 25.5 Å². The summed E-state index contributed by atoms with van der Waals surface area (Å²) in [6.45, 7) is 3.25. The molecule has 0 bridgehead atoms. The number of aromatic nitrogens is 2. The van der Waals surface area contributed by atoms with Crippen LogP contribution in [0.4, 0.5) is 0 Å². The molecule has 3 rings (SSSR count). The Morgan fingerprint density at radius 2 is 2.31 bits per heavy atom. The van der Waals surface area contributed by atoms with Crippen LogP contribution >= 0.6 is 0 Å². The largest absolute Gasteiger partial charge is 0.308 e. The molecule has 0 saturated heterocycles. The second-order valence-electron chi connectivity index (χ2n) is 4.83. The molecule has 2 heterocycles. The highest BCUT2D eigenvalue weighted by Crippen LogP contribution is 2.26. The molecule has 1 saturated carbocycles. The van der Waals surface area contributed by atoms with Crippen LogP contribution in [-0.4, -0.2) is 15.4 Å². The van der Waals surface area contributed by atoms with Gasteiger partial charge in [0.25, 0.3) is 0 Å². The van der Waals surface area contributed by atoms with Crippen molar-refractivity contribution >= 4 is 5.65 Å². The van der Waals surface area contributed by atoms with E-state index in [9.17, 15) is 0 Å². The first-order chi connectivity index (χ1) is 7.83. The molecule has 0 aromatic carbocycles. The van der Waals surface area contributed by atoms with E-state index in [2.05, 4.69) is 33.8 Å². The quantitative estimate of drug-likeness (QED) is 0.850. The van der Waals surface area contributed by atoms with Gasteiger partial charge in [0.1, 0.15) is 5.65 Å². The third kappa shape index (κ3) is 1.71. The molecule has 1 aliphatic rings. The molecule has 2 aromatic heterocycles. The van der Waals surface area contributed by atoms with E-state index < -0.39 is 0 Å². The smallest absolute Gasteiger partial charge is 0.136 e. The fourth-order valence-corrected chi connectivity index (χ4v) is 2.47. The van der Waals surface area contributed by atoms with Crippen molar-refractivity contribution in [1.29, 1.82) is 0 Å². The maximum atomic E-state index is 4.29. The molecule has 0 amide bonds. The van der Waals surface area contributed by atoms with Gasteiger partial charge in [-0.15, -0.1) is 0 Å². The van der Waals surface area contributed by atoms with Gasteiger partial charge in [0.2, 0.25) is 0 Å². The van der Waals surface area contributed by atoms with Gasteiger partial charge in [0, 0.05) is 30.7 Å². The Morgan fingerprint density at radius 1 is 1.44 bits per heavy atom. The SMILES string of the molecule is CC1CC(NCc2cccc3nccn23)C1. The summed E-state index contributed by atoms with van der Waals surface area (Å²) >= 11 is 0. The molecule has 2 aromatic rings. The molecule has 1 N–H and O–H groups in total. The monoisotopic (exact) mass is 215 g/mol. The van der Waals surface area contributed by atoms with Crippen molar-refractivity contribution in [2.45, 2.75) is 32.4 Å². The van der Waals surface area contributed by atoms with Gasteiger partial charge in [0.15, 0.2) is 0 Å². The predicted molar refractivity (Wildman–Crippen MR) is 64.2 cm³/mol. The van der Waals surface area contributed by atoms with Crippen molar-refractivity contribution in [3.63, 3.8) is 0 Å². The first-order valence-electron chi connectivity index (χ1n) is 5.97. The van der Waals surface area contributed by atoms with E-state index >= 15 is 0 Å². The number of hydrogen-bond acceptors (Lipinski definition) is 2. The van der Waals surface area contributed by atoms with Crippen LogP contribution in [0.5, 0.6) is 0 Å². The highest BCUT2D eigenvalue weighted by Gasteiger charge is 2.24. The van der Waals surface area contributed by atoms with Crippen molar-refractivity contribution in [3.05, 3.63) is 36.3 Å². The van der Waals surface area contributed by atoms with Gasteiger partial charge in [-0.1, -0.05) is 13.0 Å². The molecular weight excluding hydrogens is 198 g/mol. The Bertz CT molecular complexity index is 483. The van der Waals surface area contributed by atoms with Gasteiger partial charge >= 0.3 is 0 Å². The Kier molecular flexibility index (Phi) is 2.40. The minimum Gasteiger partial charge on any atom is -0.308 e. The van der Waals surface area contributed by atoms with Crippen LogP contribution in [0.3, 0.4) is 0 Å². The molecule has 1 fully saturated rings. The van der Waals surface area contributed by atoms with E-state index in [1.54, 1.807) is 0 Å². The lowest BCUT2D eigenvalue weighted by atomic mass is 9.82. The number of hydrogen-bond donors (Lipinski definition) is 1. The van der Waals surface area contributed by atoms with Gasteiger partial charge in [-0.3, -0.25) is 0 Å². The number of pyridine rings is 1. The lowest BCUT2D eigenvalue weighted by Crippen LogP contribution is -2.39. The molecule has 0 aliphatic heterocycles. The summed E-state index contributed by atoms with van der Waals surface area (Å²) in [5.41, 5.74) is 2.32. The number of rotatable bonds is 3. The normalized spacial score (nSPS) is 24.6. The minimum absolute atomic E-state index is 0.716. The van der Waals surface area contributed by atoms with Crippen LogP contribution < -0.4 is 5.32 Å². The lowest BCUT2D eigenvalue weighted by molar-refractivity contribution is 0.239. The second kappa shape index (κ2) is 3.91. The molecule has 84 valence electrons. The highest BCUT2D eigenvalue weighted by atomic mass is 15.0. The van der Waals surface area contributed by atoms with Gasteiger partial charge in [-0.2, -0.15) is 0 Å². The Labute approximate surface area is 95.5 Å². The summed E-state index contributed by atoms with van der Waals surface area (Å²) in [6, 6.07) is 6.98. The number of imidazole rings is 1. The fraction of sp³-hybridized carbons (Fsp3) is 0.462. The third-order valence-corrected chi connectivity index (χ3v) is 3.46. The summed E-state index contributed by atoms with van der Waals surface area (Å²) < 4.78 is 2.15. The van der Waals surface area contributed by atoms with E-state index in [0.29, 0.717) is 6.04 Å². The summed E-state index contributed by atoms with van der Waals surface area (Å²) in [6.07, 6.45) is 6.51. The minimum atomic E-state index is 0.716. The topological polar surface area (TPSA) is 29.3 Å². The summed E-state index contributed by atoms with van der Waals surface area (Å²) in [7, 11) is 0. The first-order valence-corrected chi connectivity index (χ1v) is 5.97. The summed E-state index contributed by atoms with van der Waals surface area (Å²) in [4.78, 5) is 4.29. The van der Waals surface area contributed by atoms with E-state index in [1.807, 2.05) is 18.5 Å². The lowest BCUT2D eigenvalue weighted by Gasteiger charge is -2.33. The molecule has 1 aliphatic carbocycles. The average molecular weight is 215 g/mol. The summed E-state index contributed by atoms with van der Waals surface area (Å²) in [5.74, 6) is 0.904. The van der Waals surface area contributed by atoms with Crippen LogP contribution in [-0.2, 0) is 6.54 Å². The van der Waals surface area contributed by atoms with E-state index in [1.165, 1.54) is 18.5 Å². The van der Waals surface area contributed by atoms with E-state index in [-0.39, 0.29) is 0 Å². The molecule has 3 nitrogen and oxygen atoms in total.